The van der Waals surface area contributed by atoms with Crippen LogP contribution in [0.1, 0.15) is 19.3 Å². The summed E-state index contributed by atoms with van der Waals surface area (Å²) in [5.74, 6) is 0. The summed E-state index contributed by atoms with van der Waals surface area (Å²) >= 11 is 0. The van der Waals surface area contributed by atoms with Crippen LogP contribution in [0.2, 0.25) is 0 Å². The van der Waals surface area contributed by atoms with Crippen LogP contribution < -0.4 is 10.6 Å². The van der Waals surface area contributed by atoms with Crippen molar-refractivity contribution in [2.24, 2.45) is 0 Å². The summed E-state index contributed by atoms with van der Waals surface area (Å²) in [6.45, 7) is -1.51. The van der Waals surface area contributed by atoms with E-state index in [2.05, 4.69) is 10.6 Å². The molecule has 0 heterocycles. The zero-order valence-corrected chi connectivity index (χ0v) is 8.57. The first-order valence-electron chi connectivity index (χ1n) is 5.07. The van der Waals surface area contributed by atoms with Crippen molar-refractivity contribution in [3.8, 4) is 0 Å². The average molecular weight is 218 g/mol. The van der Waals surface area contributed by atoms with Crippen molar-refractivity contribution < 1.29 is 20.1 Å². The summed E-state index contributed by atoms with van der Waals surface area (Å²) in [4.78, 5) is 11.4. The van der Waals surface area contributed by atoms with Gasteiger partial charge in [0.1, 0.15) is 5.54 Å². The number of aliphatic hydroxyl groups excluding tert-OH is 3. The molecule has 0 unspecified atom stereocenters. The zero-order chi connectivity index (χ0) is 11.3. The Morgan fingerprint density at radius 2 is 1.73 bits per heavy atom. The molecule has 0 radical (unpaired) electrons. The largest absolute Gasteiger partial charge is 0.394 e. The summed E-state index contributed by atoms with van der Waals surface area (Å²) in [6.07, 6.45) is 3.02. The fraction of sp³-hybridized carbons (Fsp3) is 0.889. The van der Waals surface area contributed by atoms with Gasteiger partial charge in [0.05, 0.1) is 19.8 Å². The fourth-order valence-electron chi connectivity index (χ4n) is 1.28. The topological polar surface area (TPSA) is 102 Å². The Morgan fingerprint density at radius 1 is 1.20 bits per heavy atom. The minimum Gasteiger partial charge on any atom is -0.394 e. The lowest BCUT2D eigenvalue weighted by atomic mass is 9.93. The number of rotatable bonds is 5. The lowest BCUT2D eigenvalue weighted by Crippen LogP contribution is -2.60. The Labute approximate surface area is 88.3 Å². The summed E-state index contributed by atoms with van der Waals surface area (Å²) < 4.78 is 0. The normalized spacial score (nSPS) is 17.0. The predicted molar refractivity (Wildman–Crippen MR) is 53.3 cm³/mol. The third kappa shape index (κ3) is 3.05. The molecule has 1 rings (SSSR count). The molecule has 0 spiro atoms. The van der Waals surface area contributed by atoms with Crippen molar-refractivity contribution in [1.29, 1.82) is 0 Å². The van der Waals surface area contributed by atoms with E-state index in [1.54, 1.807) is 0 Å². The van der Waals surface area contributed by atoms with Crippen LogP contribution in [0.25, 0.3) is 0 Å². The summed E-state index contributed by atoms with van der Waals surface area (Å²) in [5.41, 5.74) is -1.34. The SMILES string of the molecule is O=C(NC1CCC1)NC(CO)(CO)CO. The highest BCUT2D eigenvalue weighted by Crippen LogP contribution is 2.17. The van der Waals surface area contributed by atoms with Crippen molar-refractivity contribution in [2.45, 2.75) is 30.8 Å². The van der Waals surface area contributed by atoms with Crippen molar-refractivity contribution in [3.05, 3.63) is 0 Å². The Kier molecular flexibility index (Phi) is 4.31. The molecular formula is C9H18N2O4. The Balaban J connectivity index is 2.38. The van der Waals surface area contributed by atoms with E-state index in [1.165, 1.54) is 0 Å². The van der Waals surface area contributed by atoms with E-state index in [0.717, 1.165) is 19.3 Å². The molecule has 6 heteroatoms. The number of amides is 2. The molecule has 5 N–H and O–H groups in total. The molecule has 1 aliphatic rings. The van der Waals surface area contributed by atoms with Gasteiger partial charge in [0.15, 0.2) is 0 Å². The lowest BCUT2D eigenvalue weighted by Gasteiger charge is -2.32. The summed E-state index contributed by atoms with van der Waals surface area (Å²) in [7, 11) is 0. The maximum absolute atomic E-state index is 11.4. The molecule has 0 aromatic rings. The predicted octanol–water partition coefficient (Wildman–Crippen LogP) is -1.45. The van der Waals surface area contributed by atoms with Crippen LogP contribution in [-0.4, -0.2) is 52.8 Å². The smallest absolute Gasteiger partial charge is 0.315 e. The Hall–Kier alpha value is -0.850. The Bertz CT molecular complexity index is 206. The fourth-order valence-corrected chi connectivity index (χ4v) is 1.28. The van der Waals surface area contributed by atoms with Gasteiger partial charge >= 0.3 is 6.03 Å². The quantitative estimate of drug-likeness (QED) is 0.390. The molecule has 15 heavy (non-hydrogen) atoms. The monoisotopic (exact) mass is 218 g/mol. The number of nitrogens with one attached hydrogen (secondary N) is 2. The van der Waals surface area contributed by atoms with Gasteiger partial charge in [-0.05, 0) is 19.3 Å². The number of aliphatic hydroxyl groups is 3. The van der Waals surface area contributed by atoms with Gasteiger partial charge in [-0.15, -0.1) is 0 Å². The number of hydrogen-bond acceptors (Lipinski definition) is 4. The van der Waals surface area contributed by atoms with E-state index in [1.807, 2.05) is 0 Å². The highest BCUT2D eigenvalue weighted by Gasteiger charge is 2.31. The molecule has 1 aliphatic carbocycles. The maximum atomic E-state index is 11.4. The van der Waals surface area contributed by atoms with Gasteiger partial charge < -0.3 is 26.0 Å². The van der Waals surface area contributed by atoms with E-state index >= 15 is 0 Å². The van der Waals surface area contributed by atoms with Gasteiger partial charge in [-0.2, -0.15) is 0 Å². The van der Waals surface area contributed by atoms with Gasteiger partial charge in [0.2, 0.25) is 0 Å². The summed E-state index contributed by atoms with van der Waals surface area (Å²) in [6, 6.07) is -0.282. The minimum atomic E-state index is -1.34. The molecular weight excluding hydrogens is 200 g/mol. The standard InChI is InChI=1S/C9H18N2O4/c12-4-9(5-13,6-14)11-8(15)10-7-2-1-3-7/h7,12-14H,1-6H2,(H2,10,11,15). The molecule has 0 bridgehead atoms. The zero-order valence-electron chi connectivity index (χ0n) is 8.57. The molecule has 2 amide bonds. The van der Waals surface area contributed by atoms with Crippen molar-refractivity contribution in [1.82, 2.24) is 10.6 Å². The van der Waals surface area contributed by atoms with Gasteiger partial charge in [-0.25, -0.2) is 4.79 Å². The molecule has 0 saturated heterocycles. The molecule has 0 aromatic heterocycles. The first kappa shape index (κ1) is 12.2. The van der Waals surface area contributed by atoms with Gasteiger partial charge in [0, 0.05) is 6.04 Å². The van der Waals surface area contributed by atoms with Gasteiger partial charge in [-0.3, -0.25) is 0 Å². The van der Waals surface area contributed by atoms with Crippen LogP contribution in [-0.2, 0) is 0 Å². The number of hydrogen-bond donors (Lipinski definition) is 5. The first-order valence-corrected chi connectivity index (χ1v) is 5.07. The third-order valence-corrected chi connectivity index (χ3v) is 2.73. The number of carbonyl (C=O) groups is 1. The van der Waals surface area contributed by atoms with Gasteiger partial charge in [-0.1, -0.05) is 0 Å². The van der Waals surface area contributed by atoms with E-state index < -0.39 is 31.4 Å². The molecule has 88 valence electrons. The molecule has 1 fully saturated rings. The van der Waals surface area contributed by atoms with Crippen LogP contribution in [0.5, 0.6) is 0 Å². The van der Waals surface area contributed by atoms with E-state index in [4.69, 9.17) is 15.3 Å². The van der Waals surface area contributed by atoms with Crippen LogP contribution in [0.3, 0.4) is 0 Å². The second-order valence-electron chi connectivity index (χ2n) is 3.98. The highest BCUT2D eigenvalue weighted by atomic mass is 16.3. The highest BCUT2D eigenvalue weighted by molar-refractivity contribution is 5.75. The lowest BCUT2D eigenvalue weighted by molar-refractivity contribution is 0.0486. The van der Waals surface area contributed by atoms with Crippen LogP contribution in [0.15, 0.2) is 0 Å². The van der Waals surface area contributed by atoms with Crippen molar-refractivity contribution in [2.75, 3.05) is 19.8 Å². The molecule has 0 aliphatic heterocycles. The van der Waals surface area contributed by atoms with E-state index in [0.29, 0.717) is 0 Å². The average Bonchev–Trinajstić information content (AvgIpc) is 2.20. The van der Waals surface area contributed by atoms with Crippen LogP contribution in [0.4, 0.5) is 4.79 Å². The third-order valence-electron chi connectivity index (χ3n) is 2.73. The maximum Gasteiger partial charge on any atom is 0.315 e. The van der Waals surface area contributed by atoms with E-state index in [9.17, 15) is 4.79 Å². The molecule has 0 aromatic carbocycles. The van der Waals surface area contributed by atoms with Crippen LogP contribution in [0, 0.1) is 0 Å². The van der Waals surface area contributed by atoms with Crippen molar-refractivity contribution >= 4 is 6.03 Å². The molecule has 6 nitrogen and oxygen atoms in total. The number of carbonyl (C=O) groups excluding carboxylic acids is 1. The molecule has 0 atom stereocenters. The van der Waals surface area contributed by atoms with Crippen LogP contribution >= 0.6 is 0 Å². The number of urea groups is 1. The minimum absolute atomic E-state index is 0.179. The second-order valence-corrected chi connectivity index (χ2v) is 3.98. The Morgan fingerprint density at radius 3 is 2.07 bits per heavy atom. The van der Waals surface area contributed by atoms with Gasteiger partial charge in [0.25, 0.3) is 0 Å². The summed E-state index contributed by atoms with van der Waals surface area (Å²) in [5, 5.41) is 32.0. The van der Waals surface area contributed by atoms with Crippen molar-refractivity contribution in [3.63, 3.8) is 0 Å². The first-order chi connectivity index (χ1) is 7.15. The van der Waals surface area contributed by atoms with E-state index in [-0.39, 0.29) is 6.04 Å². The molecule has 1 saturated carbocycles. The second kappa shape index (κ2) is 5.29.